The number of amides is 4. The van der Waals surface area contributed by atoms with Crippen molar-refractivity contribution in [2.45, 2.75) is 65.5 Å². The van der Waals surface area contributed by atoms with E-state index in [1.807, 2.05) is 27.7 Å². The van der Waals surface area contributed by atoms with E-state index in [2.05, 4.69) is 21.3 Å². The van der Waals surface area contributed by atoms with Crippen LogP contribution in [-0.4, -0.2) is 35.7 Å². The first-order valence-electron chi connectivity index (χ1n) is 11.6. The molecule has 182 valence electrons. The van der Waals surface area contributed by atoms with Crippen molar-refractivity contribution < 1.29 is 19.2 Å². The van der Waals surface area contributed by atoms with E-state index in [1.54, 1.807) is 48.5 Å². The van der Waals surface area contributed by atoms with E-state index in [0.29, 0.717) is 48.2 Å². The van der Waals surface area contributed by atoms with E-state index in [1.165, 1.54) is 0 Å². The van der Waals surface area contributed by atoms with E-state index < -0.39 is 0 Å². The maximum absolute atomic E-state index is 12.1. The molecule has 0 spiro atoms. The van der Waals surface area contributed by atoms with E-state index in [4.69, 9.17) is 0 Å². The Hall–Kier alpha value is -3.68. The van der Waals surface area contributed by atoms with Gasteiger partial charge in [0.05, 0.1) is 0 Å². The summed E-state index contributed by atoms with van der Waals surface area (Å²) < 4.78 is 0. The average molecular weight is 467 g/mol. The molecule has 0 saturated carbocycles. The maximum Gasteiger partial charge on any atom is 0.251 e. The van der Waals surface area contributed by atoms with Gasteiger partial charge in [0.2, 0.25) is 11.8 Å². The van der Waals surface area contributed by atoms with E-state index in [0.717, 1.165) is 0 Å². The Bertz CT molecular complexity index is 901. The zero-order chi connectivity index (χ0) is 25.1. The fraction of sp³-hybridized carbons (Fsp3) is 0.385. The van der Waals surface area contributed by atoms with Crippen molar-refractivity contribution in [3.8, 4) is 0 Å². The highest BCUT2D eigenvalue weighted by Crippen LogP contribution is 2.13. The molecule has 0 bridgehead atoms. The van der Waals surface area contributed by atoms with E-state index in [-0.39, 0.29) is 35.7 Å². The number of anilines is 2. The lowest BCUT2D eigenvalue weighted by atomic mass is 10.1. The molecule has 34 heavy (non-hydrogen) atoms. The van der Waals surface area contributed by atoms with Crippen LogP contribution in [-0.2, 0) is 9.59 Å². The third-order valence-electron chi connectivity index (χ3n) is 4.76. The first-order valence-corrected chi connectivity index (χ1v) is 11.6. The van der Waals surface area contributed by atoms with Gasteiger partial charge in [-0.25, -0.2) is 0 Å². The number of unbranched alkanes of at least 4 members (excludes halogenated alkanes) is 1. The standard InChI is InChI=1S/C26H34N4O4/c1-17(2)27-25(33)19-9-13-21(14-10-19)29-23(31)7-5-6-8-24(32)30-22-15-11-20(12-16-22)26(34)28-18(3)4/h9-18H,5-8H2,1-4H3,(H,27,33)(H,28,34)(H,29,31)(H,30,32). The van der Waals surface area contributed by atoms with Crippen molar-refractivity contribution in [2.24, 2.45) is 0 Å². The minimum absolute atomic E-state index is 0.0531. The molecule has 8 nitrogen and oxygen atoms in total. The molecular weight excluding hydrogens is 432 g/mol. The Labute approximate surface area is 200 Å². The van der Waals surface area contributed by atoms with Crippen LogP contribution in [0.5, 0.6) is 0 Å². The van der Waals surface area contributed by atoms with Crippen LogP contribution < -0.4 is 21.3 Å². The monoisotopic (exact) mass is 466 g/mol. The molecule has 2 aromatic carbocycles. The van der Waals surface area contributed by atoms with Crippen LogP contribution in [0.3, 0.4) is 0 Å². The summed E-state index contributed by atoms with van der Waals surface area (Å²) in [5, 5.41) is 11.2. The molecule has 0 saturated heterocycles. The highest BCUT2D eigenvalue weighted by molar-refractivity contribution is 5.96. The third-order valence-corrected chi connectivity index (χ3v) is 4.76. The number of benzene rings is 2. The normalized spacial score (nSPS) is 10.6. The van der Waals surface area contributed by atoms with Crippen LogP contribution in [0, 0.1) is 0 Å². The minimum atomic E-state index is -0.154. The second-order valence-corrected chi connectivity index (χ2v) is 8.71. The van der Waals surface area contributed by atoms with Crippen LogP contribution in [0.15, 0.2) is 48.5 Å². The van der Waals surface area contributed by atoms with Crippen LogP contribution in [0.2, 0.25) is 0 Å². The van der Waals surface area contributed by atoms with Crippen molar-refractivity contribution in [3.05, 3.63) is 59.7 Å². The van der Waals surface area contributed by atoms with Crippen LogP contribution in [0.25, 0.3) is 0 Å². The van der Waals surface area contributed by atoms with E-state index >= 15 is 0 Å². The molecule has 0 aliphatic heterocycles. The minimum Gasteiger partial charge on any atom is -0.350 e. The van der Waals surface area contributed by atoms with E-state index in [9.17, 15) is 19.2 Å². The van der Waals surface area contributed by atoms with Gasteiger partial charge >= 0.3 is 0 Å². The maximum atomic E-state index is 12.1. The quantitative estimate of drug-likeness (QED) is 0.373. The van der Waals surface area contributed by atoms with Crippen molar-refractivity contribution in [1.82, 2.24) is 10.6 Å². The van der Waals surface area contributed by atoms with Gasteiger partial charge in [-0.05, 0) is 89.1 Å². The summed E-state index contributed by atoms with van der Waals surface area (Å²) in [6.45, 7) is 7.57. The molecule has 4 amide bonds. The van der Waals surface area contributed by atoms with Crippen molar-refractivity contribution >= 4 is 35.0 Å². The number of rotatable bonds is 11. The fourth-order valence-electron chi connectivity index (χ4n) is 3.12. The van der Waals surface area contributed by atoms with Crippen molar-refractivity contribution in [2.75, 3.05) is 10.6 Å². The molecule has 0 aliphatic rings. The molecule has 4 N–H and O–H groups in total. The van der Waals surface area contributed by atoms with Gasteiger partial charge in [0.1, 0.15) is 0 Å². The van der Waals surface area contributed by atoms with Crippen molar-refractivity contribution in [3.63, 3.8) is 0 Å². The van der Waals surface area contributed by atoms with Gasteiger partial charge in [-0.3, -0.25) is 19.2 Å². The summed E-state index contributed by atoms with van der Waals surface area (Å²) in [5.41, 5.74) is 2.31. The molecule has 0 aliphatic carbocycles. The largest absolute Gasteiger partial charge is 0.350 e. The molecule has 8 heteroatoms. The zero-order valence-electron chi connectivity index (χ0n) is 20.2. The van der Waals surface area contributed by atoms with Gasteiger partial charge in [0.15, 0.2) is 0 Å². The lowest BCUT2D eigenvalue weighted by Crippen LogP contribution is -2.30. The van der Waals surface area contributed by atoms with Crippen LogP contribution in [0.1, 0.15) is 74.1 Å². The average Bonchev–Trinajstić information content (AvgIpc) is 2.77. The fourth-order valence-corrected chi connectivity index (χ4v) is 3.12. The SMILES string of the molecule is CC(C)NC(=O)c1ccc(NC(=O)CCCCC(=O)Nc2ccc(C(=O)NC(C)C)cc2)cc1. The van der Waals surface area contributed by atoms with Gasteiger partial charge in [0, 0.05) is 47.4 Å². The second kappa shape index (κ2) is 13.1. The summed E-state index contributed by atoms with van der Waals surface area (Å²) >= 11 is 0. The van der Waals surface area contributed by atoms with Crippen molar-refractivity contribution in [1.29, 1.82) is 0 Å². The Kier molecular flexibility index (Phi) is 10.3. The Morgan fingerprint density at radius 3 is 1.21 bits per heavy atom. The Morgan fingerprint density at radius 1 is 0.588 bits per heavy atom. The highest BCUT2D eigenvalue weighted by atomic mass is 16.2. The van der Waals surface area contributed by atoms with Gasteiger partial charge < -0.3 is 21.3 Å². The summed E-state index contributed by atoms with van der Waals surface area (Å²) in [5.74, 6) is -0.595. The molecule has 0 radical (unpaired) electrons. The summed E-state index contributed by atoms with van der Waals surface area (Å²) in [7, 11) is 0. The molecule has 2 rings (SSSR count). The first-order chi connectivity index (χ1) is 16.1. The van der Waals surface area contributed by atoms with Gasteiger partial charge in [-0.2, -0.15) is 0 Å². The lowest BCUT2D eigenvalue weighted by Gasteiger charge is -2.10. The second-order valence-electron chi connectivity index (χ2n) is 8.71. The molecule has 0 fully saturated rings. The Morgan fingerprint density at radius 2 is 0.912 bits per heavy atom. The number of nitrogens with one attached hydrogen (secondary N) is 4. The zero-order valence-corrected chi connectivity index (χ0v) is 20.2. The van der Waals surface area contributed by atoms with Gasteiger partial charge in [-0.15, -0.1) is 0 Å². The smallest absolute Gasteiger partial charge is 0.251 e. The van der Waals surface area contributed by atoms with Gasteiger partial charge in [-0.1, -0.05) is 0 Å². The predicted octanol–water partition coefficient (Wildman–Crippen LogP) is 4.10. The third kappa shape index (κ3) is 9.44. The lowest BCUT2D eigenvalue weighted by molar-refractivity contribution is -0.118. The first kappa shape index (κ1) is 26.6. The molecule has 0 heterocycles. The molecule has 0 aromatic heterocycles. The summed E-state index contributed by atoms with van der Waals surface area (Å²) in [6, 6.07) is 13.5. The molecular formula is C26H34N4O4. The predicted molar refractivity (Wildman–Crippen MR) is 134 cm³/mol. The van der Waals surface area contributed by atoms with Gasteiger partial charge in [0.25, 0.3) is 11.8 Å². The highest BCUT2D eigenvalue weighted by Gasteiger charge is 2.10. The van der Waals surface area contributed by atoms with Crippen LogP contribution >= 0.6 is 0 Å². The summed E-state index contributed by atoms with van der Waals surface area (Å²) in [6.07, 6.45) is 1.73. The number of carbonyl (C=O) groups is 4. The number of hydrogen-bond acceptors (Lipinski definition) is 4. The molecule has 2 aromatic rings. The Balaban J connectivity index is 1.68. The van der Waals surface area contributed by atoms with Crippen LogP contribution in [0.4, 0.5) is 11.4 Å². The topological polar surface area (TPSA) is 116 Å². The summed E-state index contributed by atoms with van der Waals surface area (Å²) in [4.78, 5) is 48.2. The number of hydrogen-bond donors (Lipinski definition) is 4. The molecule has 0 atom stereocenters. The number of carbonyl (C=O) groups excluding carboxylic acids is 4. The molecule has 0 unspecified atom stereocenters.